The van der Waals surface area contributed by atoms with Crippen LogP contribution in [0.15, 0.2) is 24.5 Å². The van der Waals surface area contributed by atoms with E-state index in [0.717, 1.165) is 12.1 Å². The van der Waals surface area contributed by atoms with Crippen LogP contribution in [0.3, 0.4) is 0 Å². The standard InChI is InChI=1S/C10H14N2O/c1-11-6-4-10(13)7-9-3-2-5-12-8-9/h2-3,5,8,11H,4,6-7H2,1H3. The number of hydrogen-bond donors (Lipinski definition) is 1. The van der Waals surface area contributed by atoms with Gasteiger partial charge in [-0.25, -0.2) is 0 Å². The van der Waals surface area contributed by atoms with Gasteiger partial charge in [-0.3, -0.25) is 9.78 Å². The molecule has 0 aliphatic heterocycles. The second-order valence-corrected chi connectivity index (χ2v) is 2.93. The molecule has 3 heteroatoms. The number of Topliss-reactive ketones (excluding diaryl/α,β-unsaturated/α-hetero) is 1. The van der Waals surface area contributed by atoms with Gasteiger partial charge in [0, 0.05) is 31.8 Å². The van der Waals surface area contributed by atoms with Crippen LogP contribution in [0.5, 0.6) is 0 Å². The molecule has 1 rings (SSSR count). The molecule has 0 amide bonds. The van der Waals surface area contributed by atoms with Crippen molar-refractivity contribution < 1.29 is 4.79 Å². The summed E-state index contributed by atoms with van der Waals surface area (Å²) in [6.45, 7) is 0.749. The number of carbonyl (C=O) groups is 1. The van der Waals surface area contributed by atoms with Gasteiger partial charge < -0.3 is 5.32 Å². The normalized spacial score (nSPS) is 9.92. The van der Waals surface area contributed by atoms with Crippen molar-refractivity contribution in [2.45, 2.75) is 12.8 Å². The van der Waals surface area contributed by atoms with Crippen LogP contribution in [0, 0.1) is 0 Å². The second kappa shape index (κ2) is 5.43. The van der Waals surface area contributed by atoms with Gasteiger partial charge in [-0.1, -0.05) is 6.07 Å². The largest absolute Gasteiger partial charge is 0.319 e. The Morgan fingerprint density at radius 1 is 1.62 bits per heavy atom. The van der Waals surface area contributed by atoms with E-state index in [9.17, 15) is 4.79 Å². The molecule has 0 fully saturated rings. The van der Waals surface area contributed by atoms with Crippen molar-refractivity contribution in [3.8, 4) is 0 Å². The summed E-state index contributed by atoms with van der Waals surface area (Å²) in [4.78, 5) is 15.3. The number of rotatable bonds is 5. The van der Waals surface area contributed by atoms with Gasteiger partial charge >= 0.3 is 0 Å². The summed E-state index contributed by atoms with van der Waals surface area (Å²) in [6.07, 6.45) is 4.53. The molecule has 0 radical (unpaired) electrons. The van der Waals surface area contributed by atoms with Crippen molar-refractivity contribution in [1.82, 2.24) is 10.3 Å². The lowest BCUT2D eigenvalue weighted by Gasteiger charge is -1.99. The molecule has 13 heavy (non-hydrogen) atoms. The third-order valence-corrected chi connectivity index (χ3v) is 1.78. The predicted octanol–water partition coefficient (Wildman–Crippen LogP) is 0.803. The van der Waals surface area contributed by atoms with Gasteiger partial charge in [-0.15, -0.1) is 0 Å². The van der Waals surface area contributed by atoms with E-state index in [1.54, 1.807) is 12.4 Å². The minimum atomic E-state index is 0.252. The first kappa shape index (κ1) is 9.86. The summed E-state index contributed by atoms with van der Waals surface area (Å²) < 4.78 is 0. The molecule has 0 aromatic carbocycles. The lowest BCUT2D eigenvalue weighted by molar-refractivity contribution is -0.118. The van der Waals surface area contributed by atoms with E-state index in [0.29, 0.717) is 12.8 Å². The Bertz CT molecular complexity index is 259. The maximum Gasteiger partial charge on any atom is 0.138 e. The summed E-state index contributed by atoms with van der Waals surface area (Å²) in [5.74, 6) is 0.252. The van der Waals surface area contributed by atoms with Crippen molar-refractivity contribution in [2.24, 2.45) is 0 Å². The van der Waals surface area contributed by atoms with Crippen molar-refractivity contribution in [2.75, 3.05) is 13.6 Å². The van der Waals surface area contributed by atoms with Crippen LogP contribution in [0.25, 0.3) is 0 Å². The smallest absolute Gasteiger partial charge is 0.138 e. The van der Waals surface area contributed by atoms with Crippen molar-refractivity contribution in [3.05, 3.63) is 30.1 Å². The minimum Gasteiger partial charge on any atom is -0.319 e. The van der Waals surface area contributed by atoms with Crippen LogP contribution >= 0.6 is 0 Å². The quantitative estimate of drug-likeness (QED) is 0.725. The first-order valence-electron chi connectivity index (χ1n) is 4.38. The van der Waals surface area contributed by atoms with Gasteiger partial charge in [0.2, 0.25) is 0 Å². The fourth-order valence-electron chi connectivity index (χ4n) is 1.08. The zero-order valence-corrected chi connectivity index (χ0v) is 7.79. The molecule has 0 aliphatic rings. The zero-order valence-electron chi connectivity index (χ0n) is 7.79. The van der Waals surface area contributed by atoms with Crippen LogP contribution in [0.2, 0.25) is 0 Å². The van der Waals surface area contributed by atoms with Crippen molar-refractivity contribution in [1.29, 1.82) is 0 Å². The molecule has 1 aromatic rings. The van der Waals surface area contributed by atoms with Gasteiger partial charge in [0.1, 0.15) is 5.78 Å². The molecule has 3 nitrogen and oxygen atoms in total. The molecule has 1 heterocycles. The molecule has 0 saturated heterocycles. The molecule has 0 atom stereocenters. The van der Waals surface area contributed by atoms with E-state index in [2.05, 4.69) is 10.3 Å². The summed E-state index contributed by atoms with van der Waals surface area (Å²) in [6, 6.07) is 3.77. The number of nitrogens with zero attached hydrogens (tertiary/aromatic N) is 1. The van der Waals surface area contributed by atoms with Crippen LogP contribution < -0.4 is 5.32 Å². The van der Waals surface area contributed by atoms with Gasteiger partial charge in [-0.2, -0.15) is 0 Å². The average Bonchev–Trinajstić information content (AvgIpc) is 2.16. The van der Waals surface area contributed by atoms with Gasteiger partial charge in [0.05, 0.1) is 0 Å². The predicted molar refractivity (Wildman–Crippen MR) is 51.5 cm³/mol. The van der Waals surface area contributed by atoms with E-state index in [-0.39, 0.29) is 5.78 Å². The fraction of sp³-hybridized carbons (Fsp3) is 0.400. The van der Waals surface area contributed by atoms with Crippen LogP contribution in [0.4, 0.5) is 0 Å². The highest BCUT2D eigenvalue weighted by molar-refractivity contribution is 5.80. The average molecular weight is 178 g/mol. The third kappa shape index (κ3) is 3.80. The fourth-order valence-corrected chi connectivity index (χ4v) is 1.08. The minimum absolute atomic E-state index is 0.252. The maximum atomic E-state index is 11.3. The second-order valence-electron chi connectivity index (χ2n) is 2.93. The number of pyridine rings is 1. The van der Waals surface area contributed by atoms with Gasteiger partial charge in [-0.05, 0) is 18.7 Å². The van der Waals surface area contributed by atoms with E-state index in [1.165, 1.54) is 0 Å². The molecule has 0 aliphatic carbocycles. The summed E-state index contributed by atoms with van der Waals surface area (Å²) in [7, 11) is 1.84. The van der Waals surface area contributed by atoms with E-state index < -0.39 is 0 Å². The number of hydrogen-bond acceptors (Lipinski definition) is 3. The van der Waals surface area contributed by atoms with E-state index >= 15 is 0 Å². The van der Waals surface area contributed by atoms with Crippen LogP contribution in [0.1, 0.15) is 12.0 Å². The highest BCUT2D eigenvalue weighted by Crippen LogP contribution is 1.99. The summed E-state index contributed by atoms with van der Waals surface area (Å²) in [5, 5.41) is 2.95. The Balaban J connectivity index is 2.37. The zero-order chi connectivity index (χ0) is 9.52. The first-order chi connectivity index (χ1) is 6.33. The van der Waals surface area contributed by atoms with Crippen LogP contribution in [-0.2, 0) is 11.2 Å². The molecular formula is C10H14N2O. The molecule has 0 saturated carbocycles. The summed E-state index contributed by atoms with van der Waals surface area (Å²) in [5.41, 5.74) is 0.989. The Hall–Kier alpha value is -1.22. The number of carbonyl (C=O) groups excluding carboxylic acids is 1. The first-order valence-corrected chi connectivity index (χ1v) is 4.38. The highest BCUT2D eigenvalue weighted by Gasteiger charge is 2.01. The Labute approximate surface area is 78.2 Å². The summed E-state index contributed by atoms with van der Waals surface area (Å²) >= 11 is 0. The Morgan fingerprint density at radius 3 is 3.08 bits per heavy atom. The molecule has 1 aromatic heterocycles. The van der Waals surface area contributed by atoms with E-state index in [4.69, 9.17) is 0 Å². The van der Waals surface area contributed by atoms with Crippen LogP contribution in [-0.4, -0.2) is 24.4 Å². The highest BCUT2D eigenvalue weighted by atomic mass is 16.1. The maximum absolute atomic E-state index is 11.3. The molecule has 0 unspecified atom stereocenters. The number of ketones is 1. The lowest BCUT2D eigenvalue weighted by atomic mass is 10.1. The topological polar surface area (TPSA) is 42.0 Å². The van der Waals surface area contributed by atoms with Gasteiger partial charge in [0.15, 0.2) is 0 Å². The Kier molecular flexibility index (Phi) is 4.12. The van der Waals surface area contributed by atoms with Crippen molar-refractivity contribution in [3.63, 3.8) is 0 Å². The van der Waals surface area contributed by atoms with Crippen molar-refractivity contribution >= 4 is 5.78 Å². The molecule has 70 valence electrons. The SMILES string of the molecule is CNCCC(=O)Cc1cccnc1. The number of aromatic nitrogens is 1. The molecular weight excluding hydrogens is 164 g/mol. The number of nitrogens with one attached hydrogen (secondary N) is 1. The van der Waals surface area contributed by atoms with E-state index in [1.807, 2.05) is 19.2 Å². The Morgan fingerprint density at radius 2 is 2.46 bits per heavy atom. The lowest BCUT2D eigenvalue weighted by Crippen LogP contribution is -2.14. The third-order valence-electron chi connectivity index (χ3n) is 1.78. The monoisotopic (exact) mass is 178 g/mol. The molecule has 1 N–H and O–H groups in total. The van der Waals surface area contributed by atoms with Gasteiger partial charge in [0.25, 0.3) is 0 Å². The molecule has 0 bridgehead atoms. The molecule has 0 spiro atoms.